The van der Waals surface area contributed by atoms with Crippen LogP contribution in [0, 0.1) is 0 Å². The third-order valence-corrected chi connectivity index (χ3v) is 3.68. The van der Waals surface area contributed by atoms with E-state index in [1.165, 1.54) is 18.2 Å². The Bertz CT molecular complexity index is 561. The Kier molecular flexibility index (Phi) is 2.92. The molecule has 1 fully saturated rings. The van der Waals surface area contributed by atoms with E-state index in [1.54, 1.807) is 0 Å². The Morgan fingerprint density at radius 1 is 1.33 bits per heavy atom. The lowest BCUT2D eigenvalue weighted by Crippen LogP contribution is -2.25. The first-order valence-electron chi connectivity index (χ1n) is 6.66. The number of benzene rings is 1. The van der Waals surface area contributed by atoms with Gasteiger partial charge in [-0.1, -0.05) is 25.1 Å². The second-order valence-electron chi connectivity index (χ2n) is 5.02. The van der Waals surface area contributed by atoms with Crippen LogP contribution in [-0.4, -0.2) is 22.5 Å². The maximum absolute atomic E-state index is 6.07. The number of aromatic nitrogens is 1. The molecule has 3 heteroatoms. The van der Waals surface area contributed by atoms with Gasteiger partial charge in [-0.25, -0.2) is 4.98 Å². The Balaban J connectivity index is 1.92. The monoisotopic (exact) mass is 241 g/mol. The molecule has 0 radical (unpaired) electrons. The van der Waals surface area contributed by atoms with E-state index in [4.69, 9.17) is 5.73 Å². The molecular weight excluding hydrogens is 222 g/mol. The SMILES string of the molecule is CCN(Cc1cc2ccccc2nc1N)C1CC1. The largest absolute Gasteiger partial charge is 0.383 e. The van der Waals surface area contributed by atoms with Crippen LogP contribution in [-0.2, 0) is 6.54 Å². The van der Waals surface area contributed by atoms with Crippen molar-refractivity contribution in [2.24, 2.45) is 0 Å². The molecule has 0 spiro atoms. The molecule has 94 valence electrons. The van der Waals surface area contributed by atoms with Crippen molar-refractivity contribution in [1.82, 2.24) is 9.88 Å². The number of rotatable bonds is 4. The molecule has 18 heavy (non-hydrogen) atoms. The lowest BCUT2D eigenvalue weighted by Gasteiger charge is -2.20. The predicted octanol–water partition coefficient (Wildman–Crippen LogP) is 2.80. The molecule has 0 atom stereocenters. The molecule has 1 aromatic heterocycles. The van der Waals surface area contributed by atoms with Gasteiger partial charge in [0.2, 0.25) is 0 Å². The molecule has 0 bridgehead atoms. The molecule has 2 aromatic rings. The van der Waals surface area contributed by atoms with Crippen molar-refractivity contribution in [1.29, 1.82) is 0 Å². The van der Waals surface area contributed by atoms with E-state index in [0.717, 1.165) is 30.2 Å². The summed E-state index contributed by atoms with van der Waals surface area (Å²) in [6, 6.07) is 11.1. The second-order valence-corrected chi connectivity index (χ2v) is 5.02. The summed E-state index contributed by atoms with van der Waals surface area (Å²) in [5.74, 6) is 0.674. The minimum Gasteiger partial charge on any atom is -0.383 e. The average molecular weight is 241 g/mol. The Labute approximate surface area is 108 Å². The summed E-state index contributed by atoms with van der Waals surface area (Å²) in [7, 11) is 0. The third kappa shape index (κ3) is 2.18. The molecular formula is C15H19N3. The van der Waals surface area contributed by atoms with Gasteiger partial charge >= 0.3 is 0 Å². The van der Waals surface area contributed by atoms with E-state index in [2.05, 4.69) is 28.9 Å². The topological polar surface area (TPSA) is 42.2 Å². The molecule has 0 aliphatic heterocycles. The van der Waals surface area contributed by atoms with E-state index in [-0.39, 0.29) is 0 Å². The number of hydrogen-bond acceptors (Lipinski definition) is 3. The highest BCUT2D eigenvalue weighted by Crippen LogP contribution is 2.29. The molecule has 1 heterocycles. The number of para-hydroxylation sites is 1. The fourth-order valence-electron chi connectivity index (χ4n) is 2.46. The van der Waals surface area contributed by atoms with Crippen molar-refractivity contribution in [3.8, 4) is 0 Å². The van der Waals surface area contributed by atoms with E-state index in [9.17, 15) is 0 Å². The highest BCUT2D eigenvalue weighted by atomic mass is 15.2. The molecule has 0 saturated heterocycles. The van der Waals surface area contributed by atoms with Crippen LogP contribution in [0.5, 0.6) is 0 Å². The van der Waals surface area contributed by atoms with Gasteiger partial charge in [-0.05, 0) is 31.5 Å². The summed E-state index contributed by atoms with van der Waals surface area (Å²) in [5.41, 5.74) is 8.21. The number of pyridine rings is 1. The van der Waals surface area contributed by atoms with Crippen molar-refractivity contribution in [2.75, 3.05) is 12.3 Å². The highest BCUT2D eigenvalue weighted by molar-refractivity contribution is 5.81. The van der Waals surface area contributed by atoms with Crippen LogP contribution >= 0.6 is 0 Å². The second kappa shape index (κ2) is 4.58. The van der Waals surface area contributed by atoms with Gasteiger partial charge in [0, 0.05) is 23.5 Å². The molecule has 3 rings (SSSR count). The smallest absolute Gasteiger partial charge is 0.128 e. The van der Waals surface area contributed by atoms with Gasteiger partial charge in [-0.2, -0.15) is 0 Å². The van der Waals surface area contributed by atoms with Gasteiger partial charge in [-0.3, -0.25) is 4.90 Å². The van der Waals surface area contributed by atoms with Crippen molar-refractivity contribution in [3.63, 3.8) is 0 Å². The predicted molar refractivity (Wildman–Crippen MR) is 75.3 cm³/mol. The molecule has 1 aliphatic carbocycles. The number of anilines is 1. The number of nitrogen functional groups attached to an aromatic ring is 1. The normalized spacial score (nSPS) is 15.4. The van der Waals surface area contributed by atoms with Gasteiger partial charge in [0.1, 0.15) is 5.82 Å². The lowest BCUT2D eigenvalue weighted by atomic mass is 10.1. The van der Waals surface area contributed by atoms with Crippen LogP contribution in [0.15, 0.2) is 30.3 Å². The van der Waals surface area contributed by atoms with Crippen LogP contribution in [0.1, 0.15) is 25.3 Å². The first-order valence-corrected chi connectivity index (χ1v) is 6.66. The summed E-state index contributed by atoms with van der Waals surface area (Å²) in [4.78, 5) is 6.98. The molecule has 2 N–H and O–H groups in total. The molecule has 0 unspecified atom stereocenters. The molecule has 0 amide bonds. The summed E-state index contributed by atoms with van der Waals surface area (Å²) in [6.07, 6.45) is 2.66. The van der Waals surface area contributed by atoms with Crippen molar-refractivity contribution < 1.29 is 0 Å². The van der Waals surface area contributed by atoms with Gasteiger partial charge in [0.25, 0.3) is 0 Å². The number of fused-ring (bicyclic) bond motifs is 1. The Morgan fingerprint density at radius 3 is 2.83 bits per heavy atom. The zero-order valence-corrected chi connectivity index (χ0v) is 10.8. The Morgan fingerprint density at radius 2 is 2.11 bits per heavy atom. The van der Waals surface area contributed by atoms with Crippen molar-refractivity contribution in [3.05, 3.63) is 35.9 Å². The van der Waals surface area contributed by atoms with Crippen molar-refractivity contribution >= 4 is 16.7 Å². The van der Waals surface area contributed by atoms with Crippen LogP contribution in [0.25, 0.3) is 10.9 Å². The van der Waals surface area contributed by atoms with E-state index in [1.807, 2.05) is 18.2 Å². The average Bonchev–Trinajstić information content (AvgIpc) is 3.20. The lowest BCUT2D eigenvalue weighted by molar-refractivity contribution is 0.269. The first-order chi connectivity index (χ1) is 8.78. The zero-order valence-electron chi connectivity index (χ0n) is 10.8. The minimum atomic E-state index is 0.674. The van der Waals surface area contributed by atoms with Crippen LogP contribution in [0.2, 0.25) is 0 Å². The number of hydrogen-bond donors (Lipinski definition) is 1. The van der Waals surface area contributed by atoms with Gasteiger partial charge < -0.3 is 5.73 Å². The van der Waals surface area contributed by atoms with Gasteiger partial charge in [0.15, 0.2) is 0 Å². The first kappa shape index (κ1) is 11.5. The zero-order chi connectivity index (χ0) is 12.5. The molecule has 3 nitrogen and oxygen atoms in total. The Hall–Kier alpha value is -1.61. The standard InChI is InChI=1S/C15H19N3/c1-2-18(13-7-8-13)10-12-9-11-5-3-4-6-14(11)17-15(12)16/h3-6,9,13H,2,7-8,10H2,1H3,(H2,16,17). The molecule has 1 aliphatic rings. The van der Waals surface area contributed by atoms with Crippen LogP contribution in [0.3, 0.4) is 0 Å². The minimum absolute atomic E-state index is 0.674. The molecule has 1 saturated carbocycles. The van der Waals surface area contributed by atoms with E-state index < -0.39 is 0 Å². The van der Waals surface area contributed by atoms with Crippen LogP contribution < -0.4 is 5.73 Å². The highest BCUT2D eigenvalue weighted by Gasteiger charge is 2.28. The summed E-state index contributed by atoms with van der Waals surface area (Å²) in [6.45, 7) is 4.21. The number of nitrogens with two attached hydrogens (primary N) is 1. The quantitative estimate of drug-likeness (QED) is 0.895. The summed E-state index contributed by atoms with van der Waals surface area (Å²) < 4.78 is 0. The maximum Gasteiger partial charge on any atom is 0.128 e. The summed E-state index contributed by atoms with van der Waals surface area (Å²) in [5, 5.41) is 1.17. The number of nitrogens with zero attached hydrogens (tertiary/aromatic N) is 2. The van der Waals surface area contributed by atoms with Gasteiger partial charge in [0.05, 0.1) is 5.52 Å². The van der Waals surface area contributed by atoms with E-state index >= 15 is 0 Å². The fourth-order valence-corrected chi connectivity index (χ4v) is 2.46. The van der Waals surface area contributed by atoms with Crippen molar-refractivity contribution in [2.45, 2.75) is 32.4 Å². The van der Waals surface area contributed by atoms with E-state index in [0.29, 0.717) is 5.82 Å². The fraction of sp³-hybridized carbons (Fsp3) is 0.400. The third-order valence-electron chi connectivity index (χ3n) is 3.68. The van der Waals surface area contributed by atoms with Gasteiger partial charge in [-0.15, -0.1) is 0 Å². The summed E-state index contributed by atoms with van der Waals surface area (Å²) >= 11 is 0. The maximum atomic E-state index is 6.07. The van der Waals surface area contributed by atoms with Crippen LogP contribution in [0.4, 0.5) is 5.82 Å². The molecule has 1 aromatic carbocycles.